The van der Waals surface area contributed by atoms with Gasteiger partial charge < -0.3 is 9.73 Å². The van der Waals surface area contributed by atoms with E-state index in [0.29, 0.717) is 18.0 Å². The van der Waals surface area contributed by atoms with Gasteiger partial charge in [0, 0.05) is 12.1 Å². The van der Waals surface area contributed by atoms with Gasteiger partial charge in [-0.15, -0.1) is 11.3 Å². The Morgan fingerprint density at radius 3 is 2.81 bits per heavy atom. The Labute approximate surface area is 184 Å². The number of nitrogens with one attached hydrogen (secondary N) is 1. The highest BCUT2D eigenvalue weighted by Crippen LogP contribution is 2.34. The van der Waals surface area contributed by atoms with Crippen LogP contribution in [0, 0.1) is 6.92 Å². The molecule has 0 aliphatic carbocycles. The maximum absolute atomic E-state index is 13.1. The fourth-order valence-electron chi connectivity index (χ4n) is 3.43. The fraction of sp³-hybridized carbons (Fsp3) is 0.273. The van der Waals surface area contributed by atoms with Gasteiger partial charge in [-0.3, -0.25) is 14.5 Å². The van der Waals surface area contributed by atoms with E-state index in [-0.39, 0.29) is 30.9 Å². The second kappa shape index (κ2) is 9.23. The summed E-state index contributed by atoms with van der Waals surface area (Å²) in [6.45, 7) is 1.96. The van der Waals surface area contributed by atoms with Gasteiger partial charge in [-0.2, -0.15) is 5.10 Å². The molecule has 0 saturated heterocycles. The van der Waals surface area contributed by atoms with Crippen molar-refractivity contribution in [3.63, 3.8) is 0 Å². The first-order valence-corrected chi connectivity index (χ1v) is 10.8. The SMILES string of the molecule is Cc1cccc(NC(=O)CN(C)CC(=O)N2N=C(c3cccs3)CC2c2ccco2)n1. The molecule has 3 aromatic heterocycles. The molecule has 9 heteroatoms. The Bertz CT molecular complexity index is 1080. The zero-order chi connectivity index (χ0) is 21.8. The first kappa shape index (κ1) is 21.0. The summed E-state index contributed by atoms with van der Waals surface area (Å²) in [5.74, 6) is 0.749. The largest absolute Gasteiger partial charge is 0.467 e. The minimum Gasteiger partial charge on any atom is -0.467 e. The molecule has 0 bridgehead atoms. The molecule has 4 heterocycles. The van der Waals surface area contributed by atoms with Crippen LogP contribution < -0.4 is 5.32 Å². The summed E-state index contributed by atoms with van der Waals surface area (Å²) in [6.07, 6.45) is 2.18. The third-order valence-electron chi connectivity index (χ3n) is 4.82. The Morgan fingerprint density at radius 1 is 1.23 bits per heavy atom. The van der Waals surface area contributed by atoms with Gasteiger partial charge in [0.05, 0.1) is 29.9 Å². The number of thiophene rings is 1. The number of hydrogen-bond acceptors (Lipinski definition) is 7. The molecule has 1 atom stereocenters. The van der Waals surface area contributed by atoms with Crippen molar-refractivity contribution < 1.29 is 14.0 Å². The average molecular weight is 438 g/mol. The molecule has 0 fully saturated rings. The smallest absolute Gasteiger partial charge is 0.257 e. The number of rotatable bonds is 7. The van der Waals surface area contributed by atoms with Gasteiger partial charge >= 0.3 is 0 Å². The van der Waals surface area contributed by atoms with Gasteiger partial charge in [-0.05, 0) is 49.7 Å². The fourth-order valence-corrected chi connectivity index (χ4v) is 4.15. The lowest BCUT2D eigenvalue weighted by atomic mass is 10.1. The Hall–Kier alpha value is -3.30. The molecule has 8 nitrogen and oxygen atoms in total. The van der Waals surface area contributed by atoms with Crippen molar-refractivity contribution in [3.8, 4) is 0 Å². The van der Waals surface area contributed by atoms with Gasteiger partial charge in [-0.1, -0.05) is 12.1 Å². The zero-order valence-electron chi connectivity index (χ0n) is 17.3. The van der Waals surface area contributed by atoms with Crippen LogP contribution in [-0.2, 0) is 9.59 Å². The highest BCUT2D eigenvalue weighted by molar-refractivity contribution is 7.12. The summed E-state index contributed by atoms with van der Waals surface area (Å²) in [5, 5.41) is 10.8. The number of pyridine rings is 1. The van der Waals surface area contributed by atoms with Crippen LogP contribution in [0.5, 0.6) is 0 Å². The molecule has 3 aromatic rings. The Morgan fingerprint density at radius 2 is 2.10 bits per heavy atom. The molecule has 2 amide bonds. The van der Waals surface area contributed by atoms with Crippen molar-refractivity contribution in [2.75, 3.05) is 25.5 Å². The number of furan rings is 1. The van der Waals surface area contributed by atoms with Crippen LogP contribution in [0.3, 0.4) is 0 Å². The zero-order valence-corrected chi connectivity index (χ0v) is 18.1. The van der Waals surface area contributed by atoms with Crippen molar-refractivity contribution in [1.29, 1.82) is 0 Å². The van der Waals surface area contributed by atoms with E-state index in [1.807, 2.05) is 42.6 Å². The van der Waals surface area contributed by atoms with Crippen molar-refractivity contribution in [1.82, 2.24) is 14.9 Å². The van der Waals surface area contributed by atoms with E-state index >= 15 is 0 Å². The standard InChI is InChI=1S/C22H23N5O3S/c1-15-6-3-9-20(23-15)24-21(28)13-26(2)14-22(29)27-17(18-7-4-10-30-18)12-16(25-27)19-8-5-11-31-19/h3-11,17H,12-14H2,1-2H3,(H,23,24,28). The summed E-state index contributed by atoms with van der Waals surface area (Å²) >= 11 is 1.59. The number of aromatic nitrogens is 1. The average Bonchev–Trinajstić information content (AvgIpc) is 3.47. The van der Waals surface area contributed by atoms with Gasteiger partial charge in [-0.25, -0.2) is 9.99 Å². The van der Waals surface area contributed by atoms with Crippen LogP contribution in [0.15, 0.2) is 63.6 Å². The van der Waals surface area contributed by atoms with Crippen LogP contribution in [0.2, 0.25) is 0 Å². The van der Waals surface area contributed by atoms with E-state index in [4.69, 9.17) is 4.42 Å². The molecule has 0 radical (unpaired) electrons. The number of anilines is 1. The van der Waals surface area contributed by atoms with E-state index in [2.05, 4.69) is 15.4 Å². The molecule has 31 heavy (non-hydrogen) atoms. The predicted molar refractivity (Wildman–Crippen MR) is 119 cm³/mol. The second-order valence-corrected chi connectivity index (χ2v) is 8.33. The molecule has 0 spiro atoms. The molecule has 1 unspecified atom stereocenters. The van der Waals surface area contributed by atoms with Crippen LogP contribution in [0.4, 0.5) is 5.82 Å². The lowest BCUT2D eigenvalue weighted by molar-refractivity contribution is -0.134. The molecule has 0 saturated carbocycles. The molecule has 1 N–H and O–H groups in total. The van der Waals surface area contributed by atoms with Gasteiger partial charge in [0.15, 0.2) is 0 Å². The Balaban J connectivity index is 1.41. The molecule has 0 aromatic carbocycles. The minimum atomic E-state index is -0.293. The Kier molecular flexibility index (Phi) is 6.24. The molecular weight excluding hydrogens is 414 g/mol. The number of amides is 2. The van der Waals surface area contributed by atoms with E-state index in [1.54, 1.807) is 41.7 Å². The van der Waals surface area contributed by atoms with Crippen molar-refractivity contribution in [3.05, 3.63) is 70.4 Å². The van der Waals surface area contributed by atoms with Crippen LogP contribution in [0.1, 0.15) is 28.8 Å². The number of nitrogens with zero attached hydrogens (tertiary/aromatic N) is 4. The predicted octanol–water partition coefficient (Wildman–Crippen LogP) is 3.29. The van der Waals surface area contributed by atoms with E-state index < -0.39 is 0 Å². The van der Waals surface area contributed by atoms with Crippen molar-refractivity contribution >= 4 is 34.7 Å². The molecule has 1 aliphatic heterocycles. The second-order valence-electron chi connectivity index (χ2n) is 7.38. The number of carbonyl (C=O) groups excluding carboxylic acids is 2. The topological polar surface area (TPSA) is 91.0 Å². The number of hydrazone groups is 1. The first-order valence-electron chi connectivity index (χ1n) is 9.88. The maximum atomic E-state index is 13.1. The highest BCUT2D eigenvalue weighted by atomic mass is 32.1. The minimum absolute atomic E-state index is 0.0487. The third-order valence-corrected chi connectivity index (χ3v) is 5.74. The van der Waals surface area contributed by atoms with Crippen LogP contribution >= 0.6 is 11.3 Å². The van der Waals surface area contributed by atoms with Crippen molar-refractivity contribution in [2.45, 2.75) is 19.4 Å². The third kappa shape index (κ3) is 5.07. The summed E-state index contributed by atoms with van der Waals surface area (Å²) in [5.41, 5.74) is 1.68. The normalized spacial score (nSPS) is 15.9. The van der Waals surface area contributed by atoms with E-state index in [1.165, 1.54) is 5.01 Å². The number of aryl methyl sites for hydroxylation is 1. The number of carbonyl (C=O) groups is 2. The van der Waals surface area contributed by atoms with Gasteiger partial charge in [0.25, 0.3) is 5.91 Å². The first-order chi connectivity index (χ1) is 15.0. The monoisotopic (exact) mass is 437 g/mol. The highest BCUT2D eigenvalue weighted by Gasteiger charge is 2.35. The number of likely N-dealkylation sites (N-methyl/N-ethyl adjacent to an activating group) is 1. The molecule has 160 valence electrons. The van der Waals surface area contributed by atoms with Gasteiger partial charge in [0.2, 0.25) is 5.91 Å². The van der Waals surface area contributed by atoms with Gasteiger partial charge in [0.1, 0.15) is 17.6 Å². The summed E-state index contributed by atoms with van der Waals surface area (Å²) in [7, 11) is 1.73. The van der Waals surface area contributed by atoms with Crippen molar-refractivity contribution in [2.24, 2.45) is 5.10 Å². The van der Waals surface area contributed by atoms with E-state index in [0.717, 1.165) is 16.3 Å². The van der Waals surface area contributed by atoms with E-state index in [9.17, 15) is 9.59 Å². The summed E-state index contributed by atoms with van der Waals surface area (Å²) < 4.78 is 5.56. The maximum Gasteiger partial charge on any atom is 0.257 e. The van der Waals surface area contributed by atoms with Crippen LogP contribution in [0.25, 0.3) is 0 Å². The molecule has 1 aliphatic rings. The molecule has 4 rings (SSSR count). The lowest BCUT2D eigenvalue weighted by Crippen LogP contribution is -2.39. The van der Waals surface area contributed by atoms with Crippen LogP contribution in [-0.4, -0.2) is 52.6 Å². The summed E-state index contributed by atoms with van der Waals surface area (Å²) in [4.78, 5) is 32.3. The number of hydrogen-bond donors (Lipinski definition) is 1. The summed E-state index contributed by atoms with van der Waals surface area (Å²) in [6, 6.07) is 12.7. The lowest BCUT2D eigenvalue weighted by Gasteiger charge is -2.23. The molecular formula is C22H23N5O3S. The quantitative estimate of drug-likeness (QED) is 0.612.